The summed E-state index contributed by atoms with van der Waals surface area (Å²) in [6.07, 6.45) is 0. The fraction of sp³-hybridized carbons (Fsp3) is 0.278. The zero-order chi connectivity index (χ0) is 18.7. The molecule has 2 aromatic heterocycles. The van der Waals surface area contributed by atoms with Crippen LogP contribution in [0.2, 0.25) is 0 Å². The van der Waals surface area contributed by atoms with Gasteiger partial charge < -0.3 is 5.32 Å². The third kappa shape index (κ3) is 4.31. The number of halogens is 1. The summed E-state index contributed by atoms with van der Waals surface area (Å²) < 4.78 is 15.5. The van der Waals surface area contributed by atoms with E-state index in [1.165, 1.54) is 41.3 Å². The van der Waals surface area contributed by atoms with Crippen molar-refractivity contribution in [1.29, 1.82) is 0 Å². The van der Waals surface area contributed by atoms with E-state index in [-0.39, 0.29) is 23.1 Å². The highest BCUT2D eigenvalue weighted by Crippen LogP contribution is 2.22. The van der Waals surface area contributed by atoms with E-state index in [9.17, 15) is 14.0 Å². The molecule has 2 heterocycles. The molecular formula is C18H18FN3O2S2. The van der Waals surface area contributed by atoms with Crippen LogP contribution >= 0.6 is 23.1 Å². The van der Waals surface area contributed by atoms with Gasteiger partial charge in [0.05, 0.1) is 11.3 Å². The number of benzene rings is 1. The third-order valence-electron chi connectivity index (χ3n) is 3.52. The molecule has 0 radical (unpaired) electrons. The van der Waals surface area contributed by atoms with Crippen molar-refractivity contribution in [2.24, 2.45) is 5.92 Å². The summed E-state index contributed by atoms with van der Waals surface area (Å²) >= 11 is 2.58. The molecular weight excluding hydrogens is 373 g/mol. The molecule has 0 saturated carbocycles. The molecule has 0 atom stereocenters. The van der Waals surface area contributed by atoms with E-state index in [4.69, 9.17) is 0 Å². The van der Waals surface area contributed by atoms with Crippen molar-refractivity contribution in [2.45, 2.75) is 25.5 Å². The second-order valence-corrected chi connectivity index (χ2v) is 8.04. The number of nitrogens with one attached hydrogen (secondary N) is 1. The molecule has 1 N–H and O–H groups in total. The molecule has 1 amide bonds. The molecule has 0 fully saturated rings. The number of rotatable bonds is 6. The Morgan fingerprint density at radius 1 is 1.38 bits per heavy atom. The number of hydrogen-bond acceptors (Lipinski definition) is 5. The van der Waals surface area contributed by atoms with Crippen molar-refractivity contribution in [3.63, 3.8) is 0 Å². The third-order valence-corrected chi connectivity index (χ3v) is 5.39. The predicted molar refractivity (Wildman–Crippen MR) is 104 cm³/mol. The van der Waals surface area contributed by atoms with E-state index in [2.05, 4.69) is 10.3 Å². The first kappa shape index (κ1) is 18.6. The monoisotopic (exact) mass is 391 g/mol. The number of hydrogen-bond donors (Lipinski definition) is 1. The summed E-state index contributed by atoms with van der Waals surface area (Å²) in [5.41, 5.74) is 0.969. The molecule has 3 aromatic rings. The van der Waals surface area contributed by atoms with Gasteiger partial charge in [-0.1, -0.05) is 31.7 Å². The van der Waals surface area contributed by atoms with Crippen LogP contribution < -0.4 is 10.9 Å². The summed E-state index contributed by atoms with van der Waals surface area (Å²) in [5, 5.41) is 5.00. The van der Waals surface area contributed by atoms with Gasteiger partial charge in [0.15, 0.2) is 5.16 Å². The highest BCUT2D eigenvalue weighted by molar-refractivity contribution is 7.99. The lowest BCUT2D eigenvalue weighted by atomic mass is 10.2. The Labute approximate surface area is 158 Å². The van der Waals surface area contributed by atoms with Crippen molar-refractivity contribution in [3.05, 3.63) is 51.9 Å². The molecule has 0 saturated heterocycles. The van der Waals surface area contributed by atoms with Gasteiger partial charge in [-0.25, -0.2) is 9.37 Å². The first-order valence-corrected chi connectivity index (χ1v) is 9.97. The lowest BCUT2D eigenvalue weighted by Gasteiger charge is -2.13. The minimum atomic E-state index is -0.411. The second kappa shape index (κ2) is 8.01. The van der Waals surface area contributed by atoms with Gasteiger partial charge in [0.2, 0.25) is 5.91 Å². The summed E-state index contributed by atoms with van der Waals surface area (Å²) in [5.74, 6) is -0.342. The zero-order valence-electron chi connectivity index (χ0n) is 14.4. The smallest absolute Gasteiger partial charge is 0.272 e. The Morgan fingerprint density at radius 2 is 2.19 bits per heavy atom. The summed E-state index contributed by atoms with van der Waals surface area (Å²) in [7, 11) is 0. The fourth-order valence-corrected chi connectivity index (χ4v) is 4.04. The largest absolute Gasteiger partial charge is 0.325 e. The van der Waals surface area contributed by atoms with Crippen LogP contribution in [0.1, 0.15) is 13.8 Å². The maximum absolute atomic E-state index is 13.2. The Balaban J connectivity index is 1.79. The molecule has 0 spiro atoms. The number of aromatic nitrogens is 2. The van der Waals surface area contributed by atoms with Crippen LogP contribution in [-0.2, 0) is 11.3 Å². The molecule has 3 rings (SSSR count). The molecule has 26 heavy (non-hydrogen) atoms. The number of thiophene rings is 1. The molecule has 8 heteroatoms. The number of anilines is 1. The van der Waals surface area contributed by atoms with Gasteiger partial charge in [-0.05, 0) is 35.6 Å². The Hall–Kier alpha value is -2.19. The van der Waals surface area contributed by atoms with Crippen LogP contribution in [0.25, 0.3) is 10.2 Å². The lowest BCUT2D eigenvalue weighted by molar-refractivity contribution is -0.113. The Bertz CT molecular complexity index is 998. The van der Waals surface area contributed by atoms with Crippen LogP contribution in [0.15, 0.2) is 45.7 Å². The number of nitrogens with zero attached hydrogens (tertiary/aromatic N) is 2. The standard InChI is InChI=1S/C18H18FN3O2S2/c1-11(2)9-22-17(24)16-14(6-7-25-16)21-18(22)26-10-15(23)20-13-5-3-4-12(19)8-13/h3-8,11H,9-10H2,1-2H3,(H,20,23). The van der Waals surface area contributed by atoms with E-state index in [0.717, 1.165) is 0 Å². The van der Waals surface area contributed by atoms with Crippen molar-refractivity contribution in [1.82, 2.24) is 9.55 Å². The van der Waals surface area contributed by atoms with Crippen molar-refractivity contribution in [2.75, 3.05) is 11.1 Å². The highest BCUT2D eigenvalue weighted by atomic mass is 32.2. The van der Waals surface area contributed by atoms with Gasteiger partial charge in [0, 0.05) is 12.2 Å². The van der Waals surface area contributed by atoms with Gasteiger partial charge in [0.1, 0.15) is 10.5 Å². The first-order chi connectivity index (χ1) is 12.4. The van der Waals surface area contributed by atoms with Crippen LogP contribution in [0.5, 0.6) is 0 Å². The van der Waals surface area contributed by atoms with E-state index in [1.54, 1.807) is 16.7 Å². The number of carbonyl (C=O) groups excluding carboxylic acids is 1. The quantitative estimate of drug-likeness (QED) is 0.510. The number of amides is 1. The molecule has 0 bridgehead atoms. The number of fused-ring (bicyclic) bond motifs is 1. The Kier molecular flexibility index (Phi) is 5.73. The average molecular weight is 391 g/mol. The molecule has 5 nitrogen and oxygen atoms in total. The lowest BCUT2D eigenvalue weighted by Crippen LogP contribution is -2.25. The molecule has 0 aliphatic rings. The predicted octanol–water partition coefficient (Wildman–Crippen LogP) is 3.98. The number of carbonyl (C=O) groups is 1. The van der Waals surface area contributed by atoms with Crippen LogP contribution in [0.3, 0.4) is 0 Å². The zero-order valence-corrected chi connectivity index (χ0v) is 16.0. The summed E-state index contributed by atoms with van der Waals surface area (Å²) in [4.78, 5) is 29.4. The van der Waals surface area contributed by atoms with Gasteiger partial charge in [-0.2, -0.15) is 0 Å². The van der Waals surface area contributed by atoms with E-state index in [1.807, 2.05) is 19.2 Å². The molecule has 0 aliphatic heterocycles. The van der Waals surface area contributed by atoms with Crippen LogP contribution in [0.4, 0.5) is 10.1 Å². The minimum absolute atomic E-state index is 0.0771. The SMILES string of the molecule is CC(C)Cn1c(SCC(=O)Nc2cccc(F)c2)nc2ccsc2c1=O. The highest BCUT2D eigenvalue weighted by Gasteiger charge is 2.15. The summed E-state index contributed by atoms with van der Waals surface area (Å²) in [6, 6.07) is 7.53. The van der Waals surface area contributed by atoms with E-state index < -0.39 is 5.82 Å². The fourth-order valence-electron chi connectivity index (χ4n) is 2.45. The van der Waals surface area contributed by atoms with Gasteiger partial charge in [-0.3, -0.25) is 14.2 Å². The first-order valence-electron chi connectivity index (χ1n) is 8.10. The minimum Gasteiger partial charge on any atom is -0.325 e. The number of thioether (sulfide) groups is 1. The van der Waals surface area contributed by atoms with Gasteiger partial charge >= 0.3 is 0 Å². The van der Waals surface area contributed by atoms with E-state index >= 15 is 0 Å². The van der Waals surface area contributed by atoms with Crippen molar-refractivity contribution < 1.29 is 9.18 Å². The molecule has 1 aromatic carbocycles. The summed E-state index contributed by atoms with van der Waals surface area (Å²) in [6.45, 7) is 4.58. The van der Waals surface area contributed by atoms with Gasteiger partial charge in [-0.15, -0.1) is 11.3 Å². The molecule has 0 aliphatic carbocycles. The maximum atomic E-state index is 13.2. The topological polar surface area (TPSA) is 64.0 Å². The van der Waals surface area contributed by atoms with E-state index in [0.29, 0.717) is 27.6 Å². The second-order valence-electron chi connectivity index (χ2n) is 6.19. The van der Waals surface area contributed by atoms with Crippen molar-refractivity contribution in [3.8, 4) is 0 Å². The van der Waals surface area contributed by atoms with Crippen LogP contribution in [-0.4, -0.2) is 21.2 Å². The molecule has 136 valence electrons. The normalized spacial score (nSPS) is 11.2. The maximum Gasteiger partial charge on any atom is 0.272 e. The van der Waals surface area contributed by atoms with Crippen LogP contribution in [0, 0.1) is 11.7 Å². The molecule has 0 unspecified atom stereocenters. The Morgan fingerprint density at radius 3 is 2.92 bits per heavy atom. The van der Waals surface area contributed by atoms with Gasteiger partial charge in [0.25, 0.3) is 5.56 Å². The average Bonchev–Trinajstić information content (AvgIpc) is 3.04. The van der Waals surface area contributed by atoms with Crippen molar-refractivity contribution >= 4 is 44.9 Å².